The summed E-state index contributed by atoms with van der Waals surface area (Å²) >= 11 is 0. The quantitative estimate of drug-likeness (QED) is 0.739. The number of benzene rings is 2. The maximum absolute atomic E-state index is 12.3. The molecule has 3 aromatic rings. The lowest BCUT2D eigenvalue weighted by Crippen LogP contribution is -2.15. The van der Waals surface area contributed by atoms with Gasteiger partial charge in [-0.05, 0) is 48.9 Å². The molecule has 26 heavy (non-hydrogen) atoms. The number of nitrogens with one attached hydrogen (secondary N) is 1. The summed E-state index contributed by atoms with van der Waals surface area (Å²) in [7, 11) is 3.23. The van der Waals surface area contributed by atoms with Crippen LogP contribution in [0.5, 0.6) is 11.5 Å². The number of aryl methyl sites for hydroxylation is 1. The number of amides is 1. The SMILES string of the molecule is COc1ccc(-n2nc(NC(=O)Cc3cccc(OC)c3)cc2C)cc1. The Balaban J connectivity index is 1.71. The van der Waals surface area contributed by atoms with Crippen molar-refractivity contribution in [3.63, 3.8) is 0 Å². The van der Waals surface area contributed by atoms with E-state index >= 15 is 0 Å². The first-order valence-corrected chi connectivity index (χ1v) is 8.23. The summed E-state index contributed by atoms with van der Waals surface area (Å²) < 4.78 is 12.1. The van der Waals surface area contributed by atoms with E-state index in [4.69, 9.17) is 9.47 Å². The molecule has 0 spiro atoms. The summed E-state index contributed by atoms with van der Waals surface area (Å²) in [4.78, 5) is 12.3. The summed E-state index contributed by atoms with van der Waals surface area (Å²) in [6, 6.07) is 16.9. The van der Waals surface area contributed by atoms with Crippen LogP contribution in [0, 0.1) is 6.92 Å². The average molecular weight is 351 g/mol. The van der Waals surface area contributed by atoms with Gasteiger partial charge in [0.1, 0.15) is 11.5 Å². The van der Waals surface area contributed by atoms with Gasteiger partial charge in [0.15, 0.2) is 5.82 Å². The largest absolute Gasteiger partial charge is 0.497 e. The average Bonchev–Trinajstić information content (AvgIpc) is 3.01. The van der Waals surface area contributed by atoms with Gasteiger partial charge in [0.05, 0.1) is 26.3 Å². The lowest BCUT2D eigenvalue weighted by molar-refractivity contribution is -0.115. The fraction of sp³-hybridized carbons (Fsp3) is 0.200. The zero-order valence-electron chi connectivity index (χ0n) is 15.0. The lowest BCUT2D eigenvalue weighted by atomic mass is 10.1. The van der Waals surface area contributed by atoms with Crippen molar-refractivity contribution in [2.75, 3.05) is 19.5 Å². The zero-order chi connectivity index (χ0) is 18.5. The summed E-state index contributed by atoms with van der Waals surface area (Å²) in [6.07, 6.45) is 0.256. The van der Waals surface area contributed by atoms with Gasteiger partial charge >= 0.3 is 0 Å². The number of nitrogens with zero attached hydrogens (tertiary/aromatic N) is 2. The standard InChI is InChI=1S/C20H21N3O3/c1-14-11-19(22-23(14)16-7-9-17(25-2)10-8-16)21-20(24)13-15-5-4-6-18(12-15)26-3/h4-12H,13H2,1-3H3,(H,21,22,24). The normalized spacial score (nSPS) is 10.4. The number of hydrogen-bond donors (Lipinski definition) is 1. The molecule has 1 amide bonds. The molecule has 0 fully saturated rings. The molecule has 2 aromatic carbocycles. The van der Waals surface area contributed by atoms with Crippen molar-refractivity contribution in [3.05, 3.63) is 65.9 Å². The second-order valence-electron chi connectivity index (χ2n) is 5.86. The van der Waals surface area contributed by atoms with Crippen LogP contribution in [0.2, 0.25) is 0 Å². The number of methoxy groups -OCH3 is 2. The molecule has 0 atom stereocenters. The summed E-state index contributed by atoms with van der Waals surface area (Å²) in [5, 5.41) is 7.32. The van der Waals surface area contributed by atoms with E-state index in [2.05, 4.69) is 10.4 Å². The molecule has 6 heteroatoms. The van der Waals surface area contributed by atoms with Crippen LogP contribution in [0.3, 0.4) is 0 Å². The maximum Gasteiger partial charge on any atom is 0.229 e. The third-order valence-corrected chi connectivity index (χ3v) is 3.97. The minimum atomic E-state index is -0.127. The Morgan fingerprint density at radius 3 is 2.46 bits per heavy atom. The first-order chi connectivity index (χ1) is 12.6. The third-order valence-electron chi connectivity index (χ3n) is 3.97. The van der Waals surface area contributed by atoms with Gasteiger partial charge in [0.2, 0.25) is 5.91 Å². The van der Waals surface area contributed by atoms with E-state index in [1.54, 1.807) is 18.9 Å². The Labute approximate surface area is 152 Å². The summed E-state index contributed by atoms with van der Waals surface area (Å²) in [5.41, 5.74) is 2.71. The topological polar surface area (TPSA) is 65.4 Å². The number of ether oxygens (including phenoxy) is 2. The Bertz CT molecular complexity index is 901. The Hall–Kier alpha value is -3.28. The highest BCUT2D eigenvalue weighted by atomic mass is 16.5. The molecule has 0 saturated heterocycles. The number of aromatic nitrogens is 2. The summed E-state index contributed by atoms with van der Waals surface area (Å²) in [6.45, 7) is 1.94. The van der Waals surface area contributed by atoms with Crippen LogP contribution in [0.1, 0.15) is 11.3 Å². The molecule has 0 saturated carbocycles. The van der Waals surface area contributed by atoms with Crippen molar-refractivity contribution >= 4 is 11.7 Å². The Morgan fingerprint density at radius 1 is 1.04 bits per heavy atom. The van der Waals surface area contributed by atoms with Crippen molar-refractivity contribution < 1.29 is 14.3 Å². The molecule has 1 heterocycles. The van der Waals surface area contributed by atoms with Gasteiger partial charge in [-0.3, -0.25) is 4.79 Å². The first kappa shape index (κ1) is 17.5. The van der Waals surface area contributed by atoms with Crippen molar-refractivity contribution in [2.45, 2.75) is 13.3 Å². The molecule has 0 aliphatic rings. The molecule has 3 rings (SSSR count). The van der Waals surface area contributed by atoms with Crippen molar-refractivity contribution in [2.24, 2.45) is 0 Å². The molecule has 6 nitrogen and oxygen atoms in total. The Kier molecular flexibility index (Phi) is 5.22. The molecule has 0 aliphatic carbocycles. The first-order valence-electron chi connectivity index (χ1n) is 8.23. The van der Waals surface area contributed by atoms with Gasteiger partial charge < -0.3 is 14.8 Å². The second-order valence-corrected chi connectivity index (χ2v) is 5.86. The third kappa shape index (κ3) is 4.03. The monoisotopic (exact) mass is 351 g/mol. The fourth-order valence-electron chi connectivity index (χ4n) is 2.68. The molecule has 1 N–H and O–H groups in total. The predicted molar refractivity (Wildman–Crippen MR) is 100 cm³/mol. The molecule has 0 aliphatic heterocycles. The number of rotatable bonds is 6. The van der Waals surface area contributed by atoms with Crippen molar-refractivity contribution in [3.8, 4) is 17.2 Å². The van der Waals surface area contributed by atoms with Gasteiger partial charge in [-0.15, -0.1) is 5.10 Å². The number of carbonyl (C=O) groups is 1. The van der Waals surface area contributed by atoms with Gasteiger partial charge in [0, 0.05) is 11.8 Å². The van der Waals surface area contributed by atoms with Crippen LogP contribution >= 0.6 is 0 Å². The van der Waals surface area contributed by atoms with Crippen molar-refractivity contribution in [1.82, 2.24) is 9.78 Å². The Morgan fingerprint density at radius 2 is 1.77 bits per heavy atom. The second kappa shape index (κ2) is 7.74. The van der Waals surface area contributed by atoms with E-state index in [1.807, 2.05) is 61.5 Å². The van der Waals surface area contributed by atoms with E-state index in [9.17, 15) is 4.79 Å². The van der Waals surface area contributed by atoms with Gasteiger partial charge in [-0.2, -0.15) is 0 Å². The number of carbonyl (C=O) groups excluding carboxylic acids is 1. The zero-order valence-corrected chi connectivity index (χ0v) is 15.0. The van der Waals surface area contributed by atoms with E-state index in [0.29, 0.717) is 5.82 Å². The van der Waals surface area contributed by atoms with Crippen LogP contribution in [0.15, 0.2) is 54.6 Å². The van der Waals surface area contributed by atoms with Gasteiger partial charge in [-0.25, -0.2) is 4.68 Å². The minimum absolute atomic E-state index is 0.127. The van der Waals surface area contributed by atoms with Crippen LogP contribution in [0.25, 0.3) is 5.69 Å². The van der Waals surface area contributed by atoms with E-state index in [1.165, 1.54) is 0 Å². The van der Waals surface area contributed by atoms with Gasteiger partial charge in [-0.1, -0.05) is 12.1 Å². The van der Waals surface area contributed by atoms with Crippen molar-refractivity contribution in [1.29, 1.82) is 0 Å². The number of hydrogen-bond acceptors (Lipinski definition) is 4. The smallest absolute Gasteiger partial charge is 0.229 e. The van der Waals surface area contributed by atoms with Crippen LogP contribution < -0.4 is 14.8 Å². The minimum Gasteiger partial charge on any atom is -0.497 e. The highest BCUT2D eigenvalue weighted by molar-refractivity contribution is 5.91. The molecule has 1 aromatic heterocycles. The molecular formula is C20H21N3O3. The molecular weight excluding hydrogens is 330 g/mol. The van der Waals surface area contributed by atoms with Gasteiger partial charge in [0.25, 0.3) is 0 Å². The summed E-state index contributed by atoms with van der Waals surface area (Å²) in [5.74, 6) is 1.91. The van der Waals surface area contributed by atoms with Crippen LogP contribution in [0.4, 0.5) is 5.82 Å². The van der Waals surface area contributed by atoms with E-state index in [-0.39, 0.29) is 12.3 Å². The molecule has 0 radical (unpaired) electrons. The fourth-order valence-corrected chi connectivity index (χ4v) is 2.68. The number of anilines is 1. The van der Waals surface area contributed by atoms with Crippen LogP contribution in [-0.2, 0) is 11.2 Å². The van der Waals surface area contributed by atoms with E-state index in [0.717, 1.165) is 28.4 Å². The predicted octanol–water partition coefficient (Wildman–Crippen LogP) is 3.38. The maximum atomic E-state index is 12.3. The molecule has 0 bridgehead atoms. The highest BCUT2D eigenvalue weighted by Gasteiger charge is 2.10. The van der Waals surface area contributed by atoms with Crippen LogP contribution in [-0.4, -0.2) is 29.9 Å². The van der Waals surface area contributed by atoms with E-state index < -0.39 is 0 Å². The molecule has 134 valence electrons. The highest BCUT2D eigenvalue weighted by Crippen LogP contribution is 2.19. The molecule has 0 unspecified atom stereocenters. The lowest BCUT2D eigenvalue weighted by Gasteiger charge is -2.06.